The summed E-state index contributed by atoms with van der Waals surface area (Å²) in [6, 6.07) is 15.9. The van der Waals surface area contributed by atoms with Crippen LogP contribution in [0.25, 0.3) is 11.4 Å². The third-order valence-corrected chi connectivity index (χ3v) is 5.18. The molecule has 0 aliphatic rings. The molecule has 0 atom stereocenters. The number of carbonyl (C=O) groups is 1. The minimum Gasteiger partial charge on any atom is -0.346 e. The molecule has 0 bridgehead atoms. The predicted molar refractivity (Wildman–Crippen MR) is 109 cm³/mol. The Morgan fingerprint density at radius 1 is 0.966 bits per heavy atom. The number of amides is 1. The van der Waals surface area contributed by atoms with Crippen LogP contribution in [-0.2, 0) is 13.1 Å². The summed E-state index contributed by atoms with van der Waals surface area (Å²) in [6.45, 7) is 4.80. The van der Waals surface area contributed by atoms with E-state index in [1.807, 2.05) is 62.4 Å². The first-order valence-corrected chi connectivity index (χ1v) is 9.89. The highest BCUT2D eigenvalue weighted by Crippen LogP contribution is 2.15. The molecule has 1 N–H and O–H groups in total. The fraction of sp³-hybridized carbons (Fsp3) is 0.200. The Kier molecular flexibility index (Phi) is 5.39. The van der Waals surface area contributed by atoms with Crippen LogP contribution in [0.5, 0.6) is 0 Å². The largest absolute Gasteiger partial charge is 0.346 e. The van der Waals surface area contributed by atoms with E-state index in [2.05, 4.69) is 30.9 Å². The molecule has 1 amide bonds. The van der Waals surface area contributed by atoms with Crippen LogP contribution in [0, 0.1) is 13.8 Å². The Morgan fingerprint density at radius 2 is 1.66 bits per heavy atom. The third-order valence-electron chi connectivity index (χ3n) is 4.27. The van der Waals surface area contributed by atoms with Crippen LogP contribution < -0.4 is 5.32 Å². The molecular formula is C20H19N7OS. The second kappa shape index (κ2) is 8.27. The van der Waals surface area contributed by atoms with Crippen LogP contribution in [0.3, 0.4) is 0 Å². The van der Waals surface area contributed by atoms with Crippen molar-refractivity contribution in [2.45, 2.75) is 26.9 Å². The van der Waals surface area contributed by atoms with Gasteiger partial charge in [0.25, 0.3) is 5.91 Å². The van der Waals surface area contributed by atoms with Gasteiger partial charge in [0.05, 0.1) is 0 Å². The van der Waals surface area contributed by atoms with E-state index in [1.165, 1.54) is 27.3 Å². The van der Waals surface area contributed by atoms with Crippen LogP contribution in [0.1, 0.15) is 31.5 Å². The summed E-state index contributed by atoms with van der Waals surface area (Å²) in [5.74, 6) is 0.298. The minimum atomic E-state index is -0.249. The maximum absolute atomic E-state index is 12.3. The molecule has 2 aromatic heterocycles. The van der Waals surface area contributed by atoms with Gasteiger partial charge in [-0.05, 0) is 24.6 Å². The van der Waals surface area contributed by atoms with E-state index in [-0.39, 0.29) is 5.91 Å². The van der Waals surface area contributed by atoms with Gasteiger partial charge < -0.3 is 5.32 Å². The van der Waals surface area contributed by atoms with Gasteiger partial charge in [-0.1, -0.05) is 71.0 Å². The molecule has 2 aromatic carbocycles. The molecule has 8 nitrogen and oxygen atoms in total. The van der Waals surface area contributed by atoms with Crippen LogP contribution in [-0.4, -0.2) is 36.3 Å². The lowest BCUT2D eigenvalue weighted by atomic mass is 10.1. The number of hydrogen-bond acceptors (Lipinski definition) is 7. The zero-order valence-corrected chi connectivity index (χ0v) is 16.8. The first-order valence-electron chi connectivity index (χ1n) is 9.08. The summed E-state index contributed by atoms with van der Waals surface area (Å²) >= 11 is 1.22. The first-order chi connectivity index (χ1) is 14.1. The van der Waals surface area contributed by atoms with Crippen molar-refractivity contribution >= 4 is 17.2 Å². The minimum absolute atomic E-state index is 0.249. The number of tetrazole rings is 1. The molecule has 0 unspecified atom stereocenters. The van der Waals surface area contributed by atoms with Crippen LogP contribution in [0.15, 0.2) is 48.5 Å². The van der Waals surface area contributed by atoms with Gasteiger partial charge in [0, 0.05) is 12.1 Å². The summed E-state index contributed by atoms with van der Waals surface area (Å²) in [7, 11) is 0. The van der Waals surface area contributed by atoms with Crippen molar-refractivity contribution in [3.8, 4) is 11.4 Å². The van der Waals surface area contributed by atoms with Crippen LogP contribution >= 0.6 is 11.3 Å². The zero-order valence-electron chi connectivity index (χ0n) is 16.0. The third kappa shape index (κ3) is 4.69. The monoisotopic (exact) mass is 405 g/mol. The number of aromatic nitrogens is 6. The zero-order chi connectivity index (χ0) is 20.2. The number of aryl methyl sites for hydroxylation is 2. The van der Waals surface area contributed by atoms with Crippen LogP contribution in [0.4, 0.5) is 0 Å². The van der Waals surface area contributed by atoms with Gasteiger partial charge in [-0.25, -0.2) is 0 Å². The number of rotatable bonds is 6. The van der Waals surface area contributed by atoms with Crippen molar-refractivity contribution in [1.82, 2.24) is 35.7 Å². The average molecular weight is 405 g/mol. The Morgan fingerprint density at radius 3 is 2.38 bits per heavy atom. The van der Waals surface area contributed by atoms with Gasteiger partial charge in [0.2, 0.25) is 10.8 Å². The van der Waals surface area contributed by atoms with Crippen molar-refractivity contribution in [3.05, 3.63) is 75.2 Å². The van der Waals surface area contributed by atoms with Crippen LogP contribution in [0.2, 0.25) is 0 Å². The Hall–Kier alpha value is -3.46. The molecule has 0 aliphatic heterocycles. The topological polar surface area (TPSA) is 98.5 Å². The smallest absolute Gasteiger partial charge is 0.282 e. The van der Waals surface area contributed by atoms with E-state index in [9.17, 15) is 4.79 Å². The van der Waals surface area contributed by atoms with E-state index >= 15 is 0 Å². The van der Waals surface area contributed by atoms with E-state index < -0.39 is 0 Å². The van der Waals surface area contributed by atoms with E-state index in [4.69, 9.17) is 0 Å². The molecule has 0 radical (unpaired) electrons. The molecule has 29 heavy (non-hydrogen) atoms. The first kappa shape index (κ1) is 18.9. The van der Waals surface area contributed by atoms with Crippen molar-refractivity contribution in [3.63, 3.8) is 0 Å². The number of hydrogen-bond donors (Lipinski definition) is 1. The fourth-order valence-electron chi connectivity index (χ4n) is 2.62. The molecule has 4 rings (SSSR count). The highest BCUT2D eigenvalue weighted by Gasteiger charge is 2.14. The van der Waals surface area contributed by atoms with Gasteiger partial charge in [0.15, 0.2) is 0 Å². The Balaban J connectivity index is 1.37. The van der Waals surface area contributed by atoms with Gasteiger partial charge in [-0.15, -0.1) is 20.4 Å². The molecule has 2 heterocycles. The summed E-state index contributed by atoms with van der Waals surface area (Å²) in [4.78, 5) is 13.8. The van der Waals surface area contributed by atoms with E-state index in [0.29, 0.717) is 28.9 Å². The number of carbonyl (C=O) groups excluding carboxylic acids is 1. The molecule has 146 valence electrons. The van der Waals surface area contributed by atoms with Gasteiger partial charge in [-0.3, -0.25) is 4.79 Å². The maximum Gasteiger partial charge on any atom is 0.282 e. The number of nitrogens with one attached hydrogen (secondary N) is 1. The molecule has 0 spiro atoms. The Bertz CT molecular complexity index is 1120. The van der Waals surface area contributed by atoms with Gasteiger partial charge in [-0.2, -0.15) is 4.80 Å². The molecule has 0 fully saturated rings. The lowest BCUT2D eigenvalue weighted by Gasteiger charge is -2.03. The molecule has 0 saturated heterocycles. The molecule has 0 saturated carbocycles. The predicted octanol–water partition coefficient (Wildman–Crippen LogP) is 2.79. The fourth-order valence-corrected chi connectivity index (χ4v) is 3.35. The van der Waals surface area contributed by atoms with E-state index in [0.717, 1.165) is 11.1 Å². The van der Waals surface area contributed by atoms with Crippen molar-refractivity contribution in [2.75, 3.05) is 0 Å². The molecule has 9 heteroatoms. The summed E-state index contributed by atoms with van der Waals surface area (Å²) in [5, 5.41) is 24.4. The second-order valence-electron chi connectivity index (χ2n) is 6.68. The highest BCUT2D eigenvalue weighted by molar-refractivity contribution is 7.13. The lowest BCUT2D eigenvalue weighted by molar-refractivity contribution is 0.0950. The van der Waals surface area contributed by atoms with E-state index in [1.54, 1.807) is 0 Å². The standard InChI is InChI=1S/C20H19N7OS/c1-13-3-7-15(8-4-13)11-21-19(28)20-24-22-17(29-20)12-27-25-18(23-26-27)16-9-5-14(2)6-10-16/h3-10H,11-12H2,1-2H3,(H,21,28). The maximum atomic E-state index is 12.3. The van der Waals surface area contributed by atoms with Crippen molar-refractivity contribution in [2.24, 2.45) is 0 Å². The van der Waals surface area contributed by atoms with Crippen molar-refractivity contribution in [1.29, 1.82) is 0 Å². The van der Waals surface area contributed by atoms with Gasteiger partial charge in [0.1, 0.15) is 11.6 Å². The SMILES string of the molecule is Cc1ccc(CNC(=O)c2nnc(Cn3nnc(-c4ccc(C)cc4)n3)s2)cc1. The number of benzene rings is 2. The second-order valence-corrected chi connectivity index (χ2v) is 7.74. The summed E-state index contributed by atoms with van der Waals surface area (Å²) < 4.78 is 0. The Labute approximate surface area is 171 Å². The quantitative estimate of drug-likeness (QED) is 0.530. The lowest BCUT2D eigenvalue weighted by Crippen LogP contribution is -2.22. The molecule has 0 aliphatic carbocycles. The molecular weight excluding hydrogens is 386 g/mol. The summed E-state index contributed by atoms with van der Waals surface area (Å²) in [5.41, 5.74) is 4.28. The summed E-state index contributed by atoms with van der Waals surface area (Å²) in [6.07, 6.45) is 0. The normalized spacial score (nSPS) is 10.8. The highest BCUT2D eigenvalue weighted by atomic mass is 32.1. The van der Waals surface area contributed by atoms with Gasteiger partial charge >= 0.3 is 0 Å². The molecule has 4 aromatic rings. The average Bonchev–Trinajstić information content (AvgIpc) is 3.38. The van der Waals surface area contributed by atoms with Crippen molar-refractivity contribution < 1.29 is 4.79 Å². The number of nitrogens with zero attached hydrogens (tertiary/aromatic N) is 6.